The van der Waals surface area contributed by atoms with E-state index in [9.17, 15) is 4.79 Å². The van der Waals surface area contributed by atoms with Crippen molar-refractivity contribution in [3.63, 3.8) is 0 Å². The lowest BCUT2D eigenvalue weighted by atomic mass is 10.1. The van der Waals surface area contributed by atoms with E-state index in [-0.39, 0.29) is 18.4 Å². The van der Waals surface area contributed by atoms with E-state index in [4.69, 9.17) is 27.9 Å². The van der Waals surface area contributed by atoms with Crippen LogP contribution in [0.5, 0.6) is 5.75 Å². The Hall–Kier alpha value is -4.14. The van der Waals surface area contributed by atoms with E-state index in [0.717, 1.165) is 16.7 Å². The van der Waals surface area contributed by atoms with Gasteiger partial charge in [-0.3, -0.25) is 10.1 Å². The summed E-state index contributed by atoms with van der Waals surface area (Å²) in [4.78, 5) is 16.7. The van der Waals surface area contributed by atoms with Gasteiger partial charge in [-0.25, -0.2) is 14.3 Å². The highest BCUT2D eigenvalue weighted by atomic mass is 35.5. The number of rotatable bonds is 8. The summed E-state index contributed by atoms with van der Waals surface area (Å²) in [6.45, 7) is 0.475. The van der Waals surface area contributed by atoms with E-state index >= 15 is 0 Å². The van der Waals surface area contributed by atoms with Crippen molar-refractivity contribution in [3.8, 4) is 16.9 Å². The van der Waals surface area contributed by atoms with Crippen LogP contribution in [0.15, 0.2) is 91.4 Å². The number of nitrogens with zero attached hydrogens (tertiary/aromatic N) is 5. The van der Waals surface area contributed by atoms with Gasteiger partial charge in [0.15, 0.2) is 12.4 Å². The first kappa shape index (κ1) is 23.6. The monoisotopic (exact) mass is 518 g/mol. The van der Waals surface area contributed by atoms with E-state index in [2.05, 4.69) is 32.6 Å². The Morgan fingerprint density at radius 1 is 0.833 bits per heavy atom. The fraction of sp³-hybridized carbons (Fsp3) is 0.0769. The molecule has 0 aliphatic heterocycles. The van der Waals surface area contributed by atoms with E-state index in [1.807, 2.05) is 42.5 Å². The molecule has 1 amide bonds. The van der Waals surface area contributed by atoms with Gasteiger partial charge in [0, 0.05) is 21.8 Å². The second-order valence-electron chi connectivity index (χ2n) is 7.82. The summed E-state index contributed by atoms with van der Waals surface area (Å²) in [5.41, 5.74) is 3.17. The van der Waals surface area contributed by atoms with Gasteiger partial charge in [-0.05, 0) is 41.5 Å². The molecule has 2 aromatic heterocycles. The van der Waals surface area contributed by atoms with Crippen molar-refractivity contribution in [1.29, 1.82) is 0 Å². The zero-order valence-corrected chi connectivity index (χ0v) is 20.4. The number of halogens is 2. The first-order chi connectivity index (χ1) is 17.5. The minimum atomic E-state index is -0.436. The first-order valence-corrected chi connectivity index (χ1v) is 11.8. The van der Waals surface area contributed by atoms with Crippen LogP contribution in [0.25, 0.3) is 11.1 Å². The summed E-state index contributed by atoms with van der Waals surface area (Å²) in [5, 5.41) is 12.2. The Kier molecular flexibility index (Phi) is 6.97. The van der Waals surface area contributed by atoms with Crippen molar-refractivity contribution in [1.82, 2.24) is 24.5 Å². The maximum Gasteiger partial charge on any atom is 0.278 e. The van der Waals surface area contributed by atoms with Gasteiger partial charge in [0.1, 0.15) is 12.1 Å². The Labute approximate surface area is 217 Å². The molecule has 0 aliphatic carbocycles. The smallest absolute Gasteiger partial charge is 0.278 e. The van der Waals surface area contributed by atoms with E-state index in [1.165, 1.54) is 15.7 Å². The molecule has 0 bridgehead atoms. The highest BCUT2D eigenvalue weighted by Crippen LogP contribution is 2.25. The quantitative estimate of drug-likeness (QED) is 0.281. The molecule has 0 radical (unpaired) electrons. The lowest BCUT2D eigenvalue weighted by Crippen LogP contribution is -2.15. The van der Waals surface area contributed by atoms with Gasteiger partial charge in [-0.2, -0.15) is 5.10 Å². The summed E-state index contributed by atoms with van der Waals surface area (Å²) in [6.07, 6.45) is 3.16. The van der Waals surface area contributed by atoms with E-state index in [0.29, 0.717) is 22.3 Å². The number of hydrogen-bond donors (Lipinski definition) is 1. The number of anilines is 1. The second kappa shape index (κ2) is 10.6. The van der Waals surface area contributed by atoms with Crippen LogP contribution < -0.4 is 10.1 Å². The van der Waals surface area contributed by atoms with Crippen LogP contribution in [-0.4, -0.2) is 30.5 Å². The molecule has 180 valence electrons. The van der Waals surface area contributed by atoms with Crippen molar-refractivity contribution in [2.24, 2.45) is 0 Å². The topological polar surface area (TPSA) is 86.9 Å². The van der Waals surface area contributed by atoms with Crippen molar-refractivity contribution >= 4 is 35.1 Å². The van der Waals surface area contributed by atoms with Crippen LogP contribution in [0.2, 0.25) is 10.0 Å². The molecule has 10 heteroatoms. The van der Waals surface area contributed by atoms with Crippen LogP contribution in [0.4, 0.5) is 5.95 Å². The third kappa shape index (κ3) is 5.56. The third-order valence-electron chi connectivity index (χ3n) is 5.34. The normalized spacial score (nSPS) is 10.8. The molecule has 0 fully saturated rings. The highest BCUT2D eigenvalue weighted by Gasteiger charge is 2.14. The maximum absolute atomic E-state index is 12.6. The molecule has 36 heavy (non-hydrogen) atoms. The fourth-order valence-electron chi connectivity index (χ4n) is 3.51. The van der Waals surface area contributed by atoms with Crippen LogP contribution >= 0.6 is 23.2 Å². The van der Waals surface area contributed by atoms with Gasteiger partial charge in [-0.15, -0.1) is 5.10 Å². The number of hydrogen-bond acceptors (Lipinski definition) is 5. The number of carbonyl (C=O) groups excluding carboxylic acids is 1. The molecule has 0 spiro atoms. The molecule has 5 rings (SSSR count). The molecular weight excluding hydrogens is 499 g/mol. The number of carbonyl (C=O) groups is 1. The van der Waals surface area contributed by atoms with Crippen LogP contribution in [-0.2, 0) is 13.3 Å². The average Bonchev–Trinajstić information content (AvgIpc) is 3.56. The molecule has 8 nitrogen and oxygen atoms in total. The molecule has 0 saturated carbocycles. The van der Waals surface area contributed by atoms with Crippen molar-refractivity contribution in [2.75, 3.05) is 5.32 Å². The highest BCUT2D eigenvalue weighted by molar-refractivity contribution is 6.35. The maximum atomic E-state index is 12.6. The number of aromatic nitrogens is 5. The molecular formula is C26H20Cl2N6O2. The molecule has 0 atom stereocenters. The van der Waals surface area contributed by atoms with Crippen LogP contribution in [0.1, 0.15) is 16.1 Å². The molecule has 0 aliphatic rings. The third-order valence-corrected chi connectivity index (χ3v) is 6.05. The average molecular weight is 519 g/mol. The van der Waals surface area contributed by atoms with Gasteiger partial charge in [0.05, 0.1) is 6.54 Å². The summed E-state index contributed by atoms with van der Waals surface area (Å²) in [5.74, 6) is 0.409. The van der Waals surface area contributed by atoms with Gasteiger partial charge in [0.25, 0.3) is 5.91 Å². The number of benzene rings is 3. The molecule has 2 heterocycles. The van der Waals surface area contributed by atoms with Crippen molar-refractivity contribution < 1.29 is 9.53 Å². The summed E-state index contributed by atoms with van der Waals surface area (Å²) < 4.78 is 8.87. The molecule has 5 aromatic rings. The zero-order chi connectivity index (χ0) is 24.9. The van der Waals surface area contributed by atoms with Crippen molar-refractivity contribution in [2.45, 2.75) is 13.3 Å². The molecule has 0 saturated heterocycles. The Morgan fingerprint density at radius 3 is 2.31 bits per heavy atom. The predicted molar refractivity (Wildman–Crippen MR) is 138 cm³/mol. The summed E-state index contributed by atoms with van der Waals surface area (Å²) in [6, 6.07) is 24.8. The molecule has 1 N–H and O–H groups in total. The van der Waals surface area contributed by atoms with E-state index in [1.54, 1.807) is 30.5 Å². The number of nitrogens with one attached hydrogen (secondary N) is 1. The minimum Gasteiger partial charge on any atom is -0.471 e. The number of amides is 1. The lowest BCUT2D eigenvalue weighted by molar-refractivity contribution is 0.101. The summed E-state index contributed by atoms with van der Waals surface area (Å²) in [7, 11) is 0. The van der Waals surface area contributed by atoms with Crippen LogP contribution in [0.3, 0.4) is 0 Å². The zero-order valence-electron chi connectivity index (χ0n) is 18.9. The predicted octanol–water partition coefficient (Wildman–Crippen LogP) is 5.79. The molecule has 0 unspecified atom stereocenters. The number of ether oxygens (including phenoxy) is 1. The minimum absolute atomic E-state index is 0.146. The Balaban J connectivity index is 1.16. The first-order valence-electron chi connectivity index (χ1n) is 11.0. The van der Waals surface area contributed by atoms with E-state index < -0.39 is 5.91 Å². The van der Waals surface area contributed by atoms with Crippen LogP contribution in [0, 0.1) is 0 Å². The Bertz CT molecular complexity index is 1460. The van der Waals surface area contributed by atoms with Gasteiger partial charge < -0.3 is 4.74 Å². The molecule has 3 aromatic carbocycles. The van der Waals surface area contributed by atoms with Gasteiger partial charge in [-0.1, -0.05) is 71.7 Å². The second-order valence-corrected chi connectivity index (χ2v) is 8.64. The summed E-state index contributed by atoms with van der Waals surface area (Å²) >= 11 is 12.4. The van der Waals surface area contributed by atoms with Crippen molar-refractivity contribution in [3.05, 3.63) is 113 Å². The fourth-order valence-corrected chi connectivity index (χ4v) is 4.03. The largest absolute Gasteiger partial charge is 0.471 e. The Morgan fingerprint density at radius 2 is 1.56 bits per heavy atom. The van der Waals surface area contributed by atoms with Gasteiger partial charge in [0.2, 0.25) is 5.95 Å². The van der Waals surface area contributed by atoms with Gasteiger partial charge >= 0.3 is 0 Å². The SMILES string of the molecule is O=C(Nc1ncn(Cc2c(Cl)cccc2Cl)n1)c1ccn(COc2ccc(-c3ccccc3)cc2)n1. The lowest BCUT2D eigenvalue weighted by Gasteiger charge is -2.07. The standard InChI is InChI=1S/C26H20Cl2N6O2/c27-22-7-4-8-23(28)21(22)15-34-16-29-26(32-34)30-25(35)24-13-14-33(31-24)17-36-20-11-9-19(10-12-20)18-5-2-1-3-6-18/h1-14,16H,15,17H2,(H,30,32,35).